The van der Waals surface area contributed by atoms with Gasteiger partial charge in [0.2, 0.25) is 0 Å². The lowest BCUT2D eigenvalue weighted by atomic mass is 10.0. The van der Waals surface area contributed by atoms with Crippen LogP contribution in [0.4, 0.5) is 5.69 Å². The maximum absolute atomic E-state index is 3.75. The van der Waals surface area contributed by atoms with Crippen molar-refractivity contribution >= 4 is 5.69 Å². The molecule has 19 heavy (non-hydrogen) atoms. The number of nitrogens with one attached hydrogen (secondary N) is 1. The van der Waals surface area contributed by atoms with Crippen molar-refractivity contribution in [1.29, 1.82) is 0 Å². The van der Waals surface area contributed by atoms with Crippen molar-refractivity contribution in [1.82, 2.24) is 9.80 Å². The predicted octanol–water partition coefficient (Wildman–Crippen LogP) is 2.64. The van der Waals surface area contributed by atoms with E-state index in [1.165, 1.54) is 43.7 Å². The zero-order chi connectivity index (χ0) is 13.7. The van der Waals surface area contributed by atoms with Crippen molar-refractivity contribution < 1.29 is 0 Å². The van der Waals surface area contributed by atoms with E-state index in [2.05, 4.69) is 60.4 Å². The number of likely N-dealkylation sites (tertiary alicyclic amines) is 1. The summed E-state index contributed by atoms with van der Waals surface area (Å²) in [5.41, 5.74) is 2.71. The number of nitrogens with zero attached hydrogens (tertiary/aromatic N) is 2. The SMILES string of the molecule is CCN1CCC(Nc2ccccc2CN(C)C)CC1. The Morgan fingerprint density at radius 2 is 1.89 bits per heavy atom. The second-order valence-electron chi connectivity index (χ2n) is 5.75. The Morgan fingerprint density at radius 1 is 1.21 bits per heavy atom. The number of para-hydroxylation sites is 1. The molecule has 3 nitrogen and oxygen atoms in total. The van der Waals surface area contributed by atoms with Gasteiger partial charge in [-0.3, -0.25) is 0 Å². The third-order valence-corrected chi connectivity index (χ3v) is 3.90. The van der Waals surface area contributed by atoms with Gasteiger partial charge in [0.05, 0.1) is 0 Å². The van der Waals surface area contributed by atoms with Crippen molar-refractivity contribution in [3.05, 3.63) is 29.8 Å². The molecule has 1 aromatic carbocycles. The number of hydrogen-bond acceptors (Lipinski definition) is 3. The van der Waals surface area contributed by atoms with Gasteiger partial charge < -0.3 is 15.1 Å². The van der Waals surface area contributed by atoms with Crippen molar-refractivity contribution in [3.63, 3.8) is 0 Å². The summed E-state index contributed by atoms with van der Waals surface area (Å²) in [6.07, 6.45) is 2.51. The largest absolute Gasteiger partial charge is 0.382 e. The molecule has 1 heterocycles. The van der Waals surface area contributed by atoms with Crippen LogP contribution in [0.1, 0.15) is 25.3 Å². The van der Waals surface area contributed by atoms with Crippen LogP contribution in [0.25, 0.3) is 0 Å². The molecule has 0 saturated carbocycles. The van der Waals surface area contributed by atoms with Gasteiger partial charge in [-0.15, -0.1) is 0 Å². The minimum absolute atomic E-state index is 0.631. The first-order valence-electron chi connectivity index (χ1n) is 7.40. The number of hydrogen-bond donors (Lipinski definition) is 1. The molecule has 0 aromatic heterocycles. The van der Waals surface area contributed by atoms with Gasteiger partial charge >= 0.3 is 0 Å². The maximum Gasteiger partial charge on any atom is 0.0388 e. The molecule has 1 aromatic rings. The molecular formula is C16H27N3. The summed E-state index contributed by atoms with van der Waals surface area (Å²) in [4.78, 5) is 4.75. The summed E-state index contributed by atoms with van der Waals surface area (Å²) in [5.74, 6) is 0. The lowest BCUT2D eigenvalue weighted by molar-refractivity contribution is 0.229. The minimum atomic E-state index is 0.631. The topological polar surface area (TPSA) is 18.5 Å². The van der Waals surface area contributed by atoms with Gasteiger partial charge in [-0.25, -0.2) is 0 Å². The van der Waals surface area contributed by atoms with Crippen LogP contribution in [-0.2, 0) is 6.54 Å². The standard InChI is InChI=1S/C16H27N3/c1-4-19-11-9-15(10-12-19)17-16-8-6-5-7-14(16)13-18(2)3/h5-8,15,17H,4,9-13H2,1-3H3. The van der Waals surface area contributed by atoms with E-state index in [1.54, 1.807) is 0 Å². The van der Waals surface area contributed by atoms with Crippen LogP contribution in [0.15, 0.2) is 24.3 Å². The van der Waals surface area contributed by atoms with Crippen molar-refractivity contribution in [2.75, 3.05) is 39.0 Å². The van der Waals surface area contributed by atoms with Crippen LogP contribution in [0.3, 0.4) is 0 Å². The van der Waals surface area contributed by atoms with Crippen LogP contribution in [-0.4, -0.2) is 49.6 Å². The minimum Gasteiger partial charge on any atom is -0.382 e. The summed E-state index contributed by atoms with van der Waals surface area (Å²) in [6, 6.07) is 9.33. The Kier molecular flexibility index (Phi) is 5.23. The average molecular weight is 261 g/mol. The summed E-state index contributed by atoms with van der Waals surface area (Å²) in [5, 5.41) is 3.75. The smallest absolute Gasteiger partial charge is 0.0388 e. The highest BCUT2D eigenvalue weighted by Gasteiger charge is 2.18. The van der Waals surface area contributed by atoms with Gasteiger partial charge in [0.15, 0.2) is 0 Å². The third-order valence-electron chi connectivity index (χ3n) is 3.90. The van der Waals surface area contributed by atoms with Crippen LogP contribution in [0.2, 0.25) is 0 Å². The van der Waals surface area contributed by atoms with Crippen molar-refractivity contribution in [2.24, 2.45) is 0 Å². The lowest BCUT2D eigenvalue weighted by Gasteiger charge is -2.32. The summed E-state index contributed by atoms with van der Waals surface area (Å²) < 4.78 is 0. The van der Waals surface area contributed by atoms with Gasteiger partial charge in [-0.05, 0) is 45.1 Å². The highest BCUT2D eigenvalue weighted by molar-refractivity contribution is 5.51. The van der Waals surface area contributed by atoms with Crippen LogP contribution >= 0.6 is 0 Å². The zero-order valence-electron chi connectivity index (χ0n) is 12.5. The molecule has 1 aliphatic rings. The van der Waals surface area contributed by atoms with Gasteiger partial charge in [0, 0.05) is 31.4 Å². The normalized spacial score (nSPS) is 17.9. The van der Waals surface area contributed by atoms with Gasteiger partial charge in [-0.2, -0.15) is 0 Å². The van der Waals surface area contributed by atoms with Gasteiger partial charge in [-0.1, -0.05) is 25.1 Å². The first kappa shape index (κ1) is 14.4. The Morgan fingerprint density at radius 3 is 2.53 bits per heavy atom. The summed E-state index contributed by atoms with van der Waals surface area (Å²) >= 11 is 0. The molecule has 1 N–H and O–H groups in total. The van der Waals surface area contributed by atoms with Crippen LogP contribution in [0, 0.1) is 0 Å². The zero-order valence-corrected chi connectivity index (χ0v) is 12.5. The monoisotopic (exact) mass is 261 g/mol. The van der Waals surface area contributed by atoms with Gasteiger partial charge in [0.1, 0.15) is 0 Å². The fourth-order valence-corrected chi connectivity index (χ4v) is 2.75. The molecule has 0 amide bonds. The van der Waals surface area contributed by atoms with E-state index in [9.17, 15) is 0 Å². The van der Waals surface area contributed by atoms with Gasteiger partial charge in [0.25, 0.3) is 0 Å². The molecule has 0 radical (unpaired) electrons. The first-order valence-corrected chi connectivity index (χ1v) is 7.40. The fourth-order valence-electron chi connectivity index (χ4n) is 2.75. The Hall–Kier alpha value is -1.06. The molecule has 3 heteroatoms. The molecule has 0 aliphatic carbocycles. The second kappa shape index (κ2) is 6.92. The van der Waals surface area contributed by atoms with Crippen molar-refractivity contribution in [2.45, 2.75) is 32.4 Å². The number of rotatable bonds is 5. The van der Waals surface area contributed by atoms with Crippen molar-refractivity contribution in [3.8, 4) is 0 Å². The first-order chi connectivity index (χ1) is 9.19. The predicted molar refractivity (Wildman–Crippen MR) is 82.6 cm³/mol. The molecule has 0 spiro atoms. The molecule has 0 unspecified atom stereocenters. The highest BCUT2D eigenvalue weighted by atomic mass is 15.1. The third kappa shape index (κ3) is 4.22. The number of anilines is 1. The molecule has 1 fully saturated rings. The van der Waals surface area contributed by atoms with E-state index in [-0.39, 0.29) is 0 Å². The maximum atomic E-state index is 3.75. The molecule has 106 valence electrons. The summed E-state index contributed by atoms with van der Waals surface area (Å²) in [6.45, 7) is 6.88. The molecule has 1 aliphatic heterocycles. The van der Waals surface area contributed by atoms with E-state index < -0.39 is 0 Å². The Labute approximate surface area is 117 Å². The average Bonchev–Trinajstić information content (AvgIpc) is 2.41. The molecule has 1 saturated heterocycles. The summed E-state index contributed by atoms with van der Waals surface area (Å²) in [7, 11) is 4.24. The van der Waals surface area contributed by atoms with E-state index in [1.807, 2.05) is 0 Å². The van der Waals surface area contributed by atoms with Crippen LogP contribution in [0.5, 0.6) is 0 Å². The highest BCUT2D eigenvalue weighted by Crippen LogP contribution is 2.21. The lowest BCUT2D eigenvalue weighted by Crippen LogP contribution is -2.39. The Bertz CT molecular complexity index is 381. The van der Waals surface area contributed by atoms with E-state index >= 15 is 0 Å². The number of benzene rings is 1. The Balaban J connectivity index is 1.95. The molecule has 2 rings (SSSR count). The number of piperidine rings is 1. The second-order valence-corrected chi connectivity index (χ2v) is 5.75. The van der Waals surface area contributed by atoms with E-state index in [0.29, 0.717) is 6.04 Å². The quantitative estimate of drug-likeness (QED) is 0.879. The molecule has 0 bridgehead atoms. The molecule has 0 atom stereocenters. The fraction of sp³-hybridized carbons (Fsp3) is 0.625. The molecular weight excluding hydrogens is 234 g/mol. The van der Waals surface area contributed by atoms with Crippen LogP contribution < -0.4 is 5.32 Å². The van der Waals surface area contributed by atoms with E-state index in [4.69, 9.17) is 0 Å². The van der Waals surface area contributed by atoms with E-state index in [0.717, 1.165) is 6.54 Å².